The van der Waals surface area contributed by atoms with Crippen molar-refractivity contribution in [2.24, 2.45) is 5.84 Å². The average molecular weight is 348 g/mol. The normalized spacial score (nSPS) is 11.2. The number of nitrogens with two attached hydrogens (primary N) is 1. The number of hydrogen-bond acceptors (Lipinski definition) is 5. The predicted molar refractivity (Wildman–Crippen MR) is 79.3 cm³/mol. The molecule has 2 rings (SSSR count). The molecule has 0 spiro atoms. The first-order valence-corrected chi connectivity index (χ1v) is 6.75. The number of hydrogen-bond donors (Lipinski definition) is 1. The minimum Gasteiger partial charge on any atom is -0.472 e. The molecule has 0 bridgehead atoms. The Morgan fingerprint density at radius 2 is 2.00 bits per heavy atom. The van der Waals surface area contributed by atoms with E-state index >= 15 is 0 Å². The van der Waals surface area contributed by atoms with E-state index in [1.54, 1.807) is 18.2 Å². The third-order valence-corrected chi connectivity index (χ3v) is 3.08. The molecule has 1 aromatic carbocycles. The maximum atomic E-state index is 12.5. The number of halogens is 4. The van der Waals surface area contributed by atoms with Gasteiger partial charge in [0.05, 0.1) is 11.3 Å². The van der Waals surface area contributed by atoms with Crippen molar-refractivity contribution in [3.8, 4) is 11.6 Å². The maximum absolute atomic E-state index is 12.5. The van der Waals surface area contributed by atoms with Gasteiger partial charge in [-0.15, -0.1) is 13.2 Å². The molecule has 0 saturated heterocycles. The van der Waals surface area contributed by atoms with Gasteiger partial charge in [0.25, 0.3) is 0 Å². The molecular formula is C14H13ClF3N3O2. The lowest BCUT2D eigenvalue weighted by Gasteiger charge is -2.21. The molecule has 0 amide bonds. The fourth-order valence-electron chi connectivity index (χ4n) is 1.87. The summed E-state index contributed by atoms with van der Waals surface area (Å²) in [6.07, 6.45) is -3.38. The molecule has 2 aromatic rings. The van der Waals surface area contributed by atoms with Crippen LogP contribution in [0.2, 0.25) is 5.02 Å². The molecule has 0 atom stereocenters. The van der Waals surface area contributed by atoms with Gasteiger partial charge >= 0.3 is 6.36 Å². The Balaban J connectivity index is 2.32. The Labute approximate surface area is 135 Å². The van der Waals surface area contributed by atoms with Gasteiger partial charge in [-0.3, -0.25) is 0 Å². The minimum atomic E-state index is -4.83. The van der Waals surface area contributed by atoms with E-state index in [9.17, 15) is 13.2 Å². The fraction of sp³-hybridized carbons (Fsp3) is 0.214. The number of hydrazine groups is 1. The van der Waals surface area contributed by atoms with E-state index in [4.69, 9.17) is 22.2 Å². The van der Waals surface area contributed by atoms with Crippen molar-refractivity contribution in [1.82, 2.24) is 4.98 Å². The monoisotopic (exact) mass is 347 g/mol. The van der Waals surface area contributed by atoms with E-state index in [0.717, 1.165) is 0 Å². The van der Waals surface area contributed by atoms with Crippen molar-refractivity contribution in [2.45, 2.75) is 13.0 Å². The summed E-state index contributed by atoms with van der Waals surface area (Å²) >= 11 is 5.91. The van der Waals surface area contributed by atoms with Crippen LogP contribution in [0, 0.1) is 0 Å². The molecule has 2 N–H and O–H groups in total. The molecule has 0 saturated carbocycles. The summed E-state index contributed by atoms with van der Waals surface area (Å²) in [5.74, 6) is 5.34. The number of rotatable bonds is 5. The van der Waals surface area contributed by atoms with Gasteiger partial charge in [0.15, 0.2) is 0 Å². The lowest BCUT2D eigenvalue weighted by molar-refractivity contribution is -0.275. The van der Waals surface area contributed by atoms with Gasteiger partial charge in [-0.25, -0.2) is 10.8 Å². The van der Waals surface area contributed by atoms with Crippen LogP contribution < -0.4 is 20.3 Å². The van der Waals surface area contributed by atoms with Crippen LogP contribution >= 0.6 is 11.6 Å². The number of anilines is 1. The number of nitrogens with zero attached hydrogens (tertiary/aromatic N) is 2. The van der Waals surface area contributed by atoms with Crippen molar-refractivity contribution < 1.29 is 22.6 Å². The van der Waals surface area contributed by atoms with Gasteiger partial charge in [-0.05, 0) is 24.3 Å². The summed E-state index contributed by atoms with van der Waals surface area (Å²) < 4.78 is 47.0. The zero-order valence-corrected chi connectivity index (χ0v) is 12.7. The highest BCUT2D eigenvalue weighted by Crippen LogP contribution is 2.33. The molecular weight excluding hydrogens is 335 g/mol. The van der Waals surface area contributed by atoms with Crippen LogP contribution in [0.5, 0.6) is 11.6 Å². The van der Waals surface area contributed by atoms with E-state index in [-0.39, 0.29) is 23.1 Å². The Morgan fingerprint density at radius 3 is 2.61 bits per heavy atom. The van der Waals surface area contributed by atoms with Crippen molar-refractivity contribution in [2.75, 3.05) is 12.1 Å². The highest BCUT2D eigenvalue weighted by atomic mass is 35.5. The van der Waals surface area contributed by atoms with Gasteiger partial charge < -0.3 is 14.5 Å². The molecule has 1 heterocycles. The number of aromatic nitrogens is 1. The Kier molecular flexibility index (Phi) is 5.17. The topological polar surface area (TPSA) is 60.6 Å². The second kappa shape index (κ2) is 6.93. The third kappa shape index (κ3) is 4.64. The van der Waals surface area contributed by atoms with Crippen molar-refractivity contribution in [3.63, 3.8) is 0 Å². The molecule has 23 heavy (non-hydrogen) atoms. The molecule has 0 aliphatic heterocycles. The van der Waals surface area contributed by atoms with Crippen LogP contribution in [-0.2, 0) is 6.61 Å². The summed E-state index contributed by atoms with van der Waals surface area (Å²) in [5.41, 5.74) is 0.440. The molecule has 124 valence electrons. The Hall–Kier alpha value is -2.19. The summed E-state index contributed by atoms with van der Waals surface area (Å²) in [5, 5.41) is 1.41. The minimum absolute atomic E-state index is 0.0987. The first kappa shape index (κ1) is 17.2. The van der Waals surface area contributed by atoms with E-state index < -0.39 is 12.1 Å². The number of pyridine rings is 1. The molecule has 1 aromatic heterocycles. The Morgan fingerprint density at radius 1 is 1.26 bits per heavy atom. The summed E-state index contributed by atoms with van der Waals surface area (Å²) in [7, 11) is 1.49. The van der Waals surface area contributed by atoms with Gasteiger partial charge in [-0.1, -0.05) is 17.7 Å². The summed E-state index contributed by atoms with van der Waals surface area (Å²) in [6.45, 7) is -0.250. The van der Waals surface area contributed by atoms with Crippen molar-refractivity contribution >= 4 is 17.3 Å². The first-order chi connectivity index (χ1) is 10.8. The van der Waals surface area contributed by atoms with Crippen LogP contribution in [0.15, 0.2) is 36.5 Å². The van der Waals surface area contributed by atoms with E-state index in [0.29, 0.717) is 5.69 Å². The van der Waals surface area contributed by atoms with Gasteiger partial charge in [-0.2, -0.15) is 0 Å². The second-order valence-corrected chi connectivity index (χ2v) is 4.90. The zero-order chi connectivity index (χ0) is 17.0. The van der Waals surface area contributed by atoms with Crippen LogP contribution in [0.3, 0.4) is 0 Å². The maximum Gasteiger partial charge on any atom is 0.573 e. The highest BCUT2D eigenvalue weighted by Gasteiger charge is 2.32. The zero-order valence-electron chi connectivity index (χ0n) is 12.0. The molecule has 0 aliphatic carbocycles. The smallest absolute Gasteiger partial charge is 0.472 e. The lowest BCUT2D eigenvalue weighted by atomic mass is 10.1. The SMILES string of the molecule is CN(N)c1cccc(OC(F)(F)F)c1COc1ncccc1Cl. The molecule has 5 nitrogen and oxygen atoms in total. The standard InChI is InChI=1S/C14H13ClF3N3O2/c1-21(19)11-5-2-6-12(23-14(16,17)18)9(11)8-22-13-10(15)4-3-7-20-13/h2-7H,8,19H2,1H3. The lowest BCUT2D eigenvalue weighted by Crippen LogP contribution is -2.27. The average Bonchev–Trinajstić information content (AvgIpc) is 2.45. The van der Waals surface area contributed by atoms with Crippen molar-refractivity contribution in [3.05, 3.63) is 47.1 Å². The van der Waals surface area contributed by atoms with Crippen LogP contribution in [0.4, 0.5) is 18.9 Å². The van der Waals surface area contributed by atoms with Gasteiger partial charge in [0.2, 0.25) is 5.88 Å². The highest BCUT2D eigenvalue weighted by molar-refractivity contribution is 6.31. The summed E-state index contributed by atoms with van der Waals surface area (Å²) in [4.78, 5) is 3.91. The molecule has 0 unspecified atom stereocenters. The van der Waals surface area contributed by atoms with Gasteiger partial charge in [0.1, 0.15) is 17.4 Å². The number of benzene rings is 1. The van der Waals surface area contributed by atoms with Crippen LogP contribution in [0.25, 0.3) is 0 Å². The van der Waals surface area contributed by atoms with E-state index in [1.807, 2.05) is 0 Å². The van der Waals surface area contributed by atoms with Crippen LogP contribution in [-0.4, -0.2) is 18.4 Å². The molecule has 0 fully saturated rings. The van der Waals surface area contributed by atoms with E-state index in [1.165, 1.54) is 30.4 Å². The third-order valence-electron chi connectivity index (χ3n) is 2.79. The van der Waals surface area contributed by atoms with Crippen molar-refractivity contribution in [1.29, 1.82) is 0 Å². The molecule has 9 heteroatoms. The summed E-state index contributed by atoms with van der Waals surface area (Å²) in [6, 6.07) is 7.28. The first-order valence-electron chi connectivity index (χ1n) is 6.37. The van der Waals surface area contributed by atoms with Gasteiger partial charge in [0, 0.05) is 13.2 Å². The number of ether oxygens (including phenoxy) is 2. The molecule has 0 radical (unpaired) electrons. The Bertz CT molecular complexity index is 681. The van der Waals surface area contributed by atoms with Crippen LogP contribution in [0.1, 0.15) is 5.56 Å². The predicted octanol–water partition coefficient (Wildman–Crippen LogP) is 3.52. The number of alkyl halides is 3. The fourth-order valence-corrected chi connectivity index (χ4v) is 2.04. The van der Waals surface area contributed by atoms with E-state index in [2.05, 4.69) is 9.72 Å². The largest absolute Gasteiger partial charge is 0.573 e. The second-order valence-electron chi connectivity index (χ2n) is 4.49. The molecule has 0 aliphatic rings. The quantitative estimate of drug-likeness (QED) is 0.662.